The maximum absolute atomic E-state index is 13.8. The minimum Gasteiger partial charge on any atom is -0.324 e. The van der Waals surface area contributed by atoms with Crippen molar-refractivity contribution in [3.05, 3.63) is 88.5 Å². The van der Waals surface area contributed by atoms with Crippen molar-refractivity contribution in [1.29, 1.82) is 0 Å². The fourth-order valence-electron chi connectivity index (χ4n) is 4.50. The molecule has 0 saturated carbocycles. The summed E-state index contributed by atoms with van der Waals surface area (Å²) in [6.45, 7) is 3.78. The molecule has 164 valence electrons. The normalized spacial score (nSPS) is 16.2. The first-order valence-electron chi connectivity index (χ1n) is 11.2. The number of pyridine rings is 1. The second kappa shape index (κ2) is 9.39. The van der Waals surface area contributed by atoms with E-state index in [0.717, 1.165) is 66.6 Å². The number of benzene rings is 2. The summed E-state index contributed by atoms with van der Waals surface area (Å²) in [6, 6.07) is 18.8. The number of amidine groups is 1. The third kappa shape index (κ3) is 4.69. The van der Waals surface area contributed by atoms with Crippen LogP contribution in [0.4, 0.5) is 15.8 Å². The molecule has 0 N–H and O–H groups in total. The van der Waals surface area contributed by atoms with E-state index in [0.29, 0.717) is 11.6 Å². The Hall–Kier alpha value is -2.76. The van der Waals surface area contributed by atoms with Crippen LogP contribution in [0.5, 0.6) is 0 Å². The van der Waals surface area contributed by atoms with Gasteiger partial charge in [-0.25, -0.2) is 9.38 Å². The molecule has 0 bridgehead atoms. The van der Waals surface area contributed by atoms with Gasteiger partial charge in [0.05, 0.1) is 28.6 Å². The van der Waals surface area contributed by atoms with Crippen molar-refractivity contribution in [2.45, 2.75) is 38.8 Å². The van der Waals surface area contributed by atoms with Crippen LogP contribution < -0.4 is 4.90 Å². The minimum atomic E-state index is -0.250. The van der Waals surface area contributed by atoms with Crippen molar-refractivity contribution in [1.82, 2.24) is 9.88 Å². The lowest BCUT2D eigenvalue weighted by molar-refractivity contribution is 0.327. The molecular formula is C26H26ClFN4. The average molecular weight is 449 g/mol. The standard InChI is InChI=1S/C26H26ClFN4/c27-23-8-1-2-9-25(23)32-17-19-16-20(28)10-12-24(19)30-26(32)13-11-21-6-5-7-22(29-21)18-31-14-3-4-15-31/h1-2,5-10,12,16H,3-4,11,13-15,17-18H2. The molecule has 3 heterocycles. The van der Waals surface area contributed by atoms with Crippen LogP contribution in [0, 0.1) is 5.82 Å². The maximum Gasteiger partial charge on any atom is 0.123 e. The van der Waals surface area contributed by atoms with E-state index in [1.54, 1.807) is 12.1 Å². The Balaban J connectivity index is 1.38. The second-order valence-electron chi connectivity index (χ2n) is 8.44. The van der Waals surface area contributed by atoms with Gasteiger partial charge >= 0.3 is 0 Å². The molecule has 5 rings (SSSR count). The summed E-state index contributed by atoms with van der Waals surface area (Å²) in [6.07, 6.45) is 4.07. The van der Waals surface area contributed by atoms with Gasteiger partial charge in [0.15, 0.2) is 0 Å². The zero-order chi connectivity index (χ0) is 21.9. The number of nitrogens with zero attached hydrogens (tertiary/aromatic N) is 4. The molecule has 1 fully saturated rings. The van der Waals surface area contributed by atoms with E-state index in [1.165, 1.54) is 18.9 Å². The number of likely N-dealkylation sites (tertiary alicyclic amines) is 1. The first-order chi connectivity index (χ1) is 15.7. The highest BCUT2D eigenvalue weighted by Crippen LogP contribution is 2.34. The Kier molecular flexibility index (Phi) is 6.19. The number of hydrogen-bond donors (Lipinski definition) is 0. The van der Waals surface area contributed by atoms with Crippen LogP contribution >= 0.6 is 11.6 Å². The van der Waals surface area contributed by atoms with Gasteiger partial charge in [-0.2, -0.15) is 0 Å². The number of aromatic nitrogens is 1. The fraction of sp³-hybridized carbons (Fsp3) is 0.308. The summed E-state index contributed by atoms with van der Waals surface area (Å²) >= 11 is 6.51. The molecule has 0 radical (unpaired) electrons. The largest absolute Gasteiger partial charge is 0.324 e. The molecule has 0 unspecified atom stereocenters. The Morgan fingerprint density at radius 2 is 1.72 bits per heavy atom. The molecule has 32 heavy (non-hydrogen) atoms. The summed E-state index contributed by atoms with van der Waals surface area (Å²) in [7, 11) is 0. The second-order valence-corrected chi connectivity index (χ2v) is 8.85. The van der Waals surface area contributed by atoms with Gasteiger partial charge in [-0.05, 0) is 74.8 Å². The number of hydrogen-bond acceptors (Lipinski definition) is 4. The average Bonchev–Trinajstić information content (AvgIpc) is 3.31. The van der Waals surface area contributed by atoms with Crippen LogP contribution in [0.15, 0.2) is 65.7 Å². The van der Waals surface area contributed by atoms with Gasteiger partial charge in [0, 0.05) is 24.2 Å². The van der Waals surface area contributed by atoms with Crippen molar-refractivity contribution in [3.63, 3.8) is 0 Å². The van der Waals surface area contributed by atoms with E-state index in [1.807, 2.05) is 24.3 Å². The highest BCUT2D eigenvalue weighted by molar-refractivity contribution is 6.34. The molecule has 0 amide bonds. The fourth-order valence-corrected chi connectivity index (χ4v) is 4.74. The number of halogens is 2. The lowest BCUT2D eigenvalue weighted by Gasteiger charge is -2.31. The summed E-state index contributed by atoms with van der Waals surface area (Å²) < 4.78 is 13.8. The van der Waals surface area contributed by atoms with E-state index in [4.69, 9.17) is 21.6 Å². The van der Waals surface area contributed by atoms with Crippen molar-refractivity contribution in [3.8, 4) is 0 Å². The quantitative estimate of drug-likeness (QED) is 0.453. The van der Waals surface area contributed by atoms with Gasteiger partial charge in [-0.3, -0.25) is 9.88 Å². The highest BCUT2D eigenvalue weighted by Gasteiger charge is 2.23. The summed E-state index contributed by atoms with van der Waals surface area (Å²) in [5.41, 5.74) is 4.76. The molecule has 4 nitrogen and oxygen atoms in total. The first kappa shape index (κ1) is 21.1. The maximum atomic E-state index is 13.8. The number of anilines is 1. The molecule has 1 saturated heterocycles. The number of para-hydroxylation sites is 1. The molecule has 2 aromatic carbocycles. The van der Waals surface area contributed by atoms with Crippen LogP contribution in [0.2, 0.25) is 5.02 Å². The number of aliphatic imine (C=N–C) groups is 1. The Morgan fingerprint density at radius 1 is 0.906 bits per heavy atom. The zero-order valence-electron chi connectivity index (χ0n) is 18.0. The molecule has 6 heteroatoms. The zero-order valence-corrected chi connectivity index (χ0v) is 18.7. The van der Waals surface area contributed by atoms with E-state index in [2.05, 4.69) is 28.0 Å². The van der Waals surface area contributed by atoms with Crippen LogP contribution in [0.1, 0.15) is 36.2 Å². The van der Waals surface area contributed by atoms with Crippen LogP contribution in [0.3, 0.4) is 0 Å². The van der Waals surface area contributed by atoms with Gasteiger partial charge in [0.25, 0.3) is 0 Å². The van der Waals surface area contributed by atoms with Crippen LogP contribution in [0.25, 0.3) is 0 Å². The Labute approximate surface area is 193 Å². The van der Waals surface area contributed by atoms with E-state index < -0.39 is 0 Å². The Bertz CT molecular complexity index is 1140. The van der Waals surface area contributed by atoms with E-state index in [9.17, 15) is 4.39 Å². The molecular weight excluding hydrogens is 423 g/mol. The molecule has 2 aliphatic rings. The molecule has 2 aliphatic heterocycles. The molecule has 0 aliphatic carbocycles. The van der Waals surface area contributed by atoms with Gasteiger partial charge in [0.1, 0.15) is 11.7 Å². The number of fused-ring (bicyclic) bond motifs is 1. The molecule has 0 spiro atoms. The molecule has 0 atom stereocenters. The monoisotopic (exact) mass is 448 g/mol. The summed E-state index contributed by atoms with van der Waals surface area (Å²) in [5.74, 6) is 0.671. The number of rotatable bonds is 6. The van der Waals surface area contributed by atoms with Crippen LogP contribution in [-0.2, 0) is 19.5 Å². The summed E-state index contributed by atoms with van der Waals surface area (Å²) in [4.78, 5) is 14.3. The highest BCUT2D eigenvalue weighted by atomic mass is 35.5. The Morgan fingerprint density at radius 3 is 2.56 bits per heavy atom. The third-order valence-corrected chi connectivity index (χ3v) is 6.45. The topological polar surface area (TPSA) is 31.7 Å². The lowest BCUT2D eigenvalue weighted by Crippen LogP contribution is -2.33. The predicted molar refractivity (Wildman–Crippen MR) is 128 cm³/mol. The third-order valence-electron chi connectivity index (χ3n) is 6.13. The lowest BCUT2D eigenvalue weighted by atomic mass is 10.1. The first-order valence-corrected chi connectivity index (χ1v) is 11.6. The SMILES string of the molecule is Fc1ccc2c(c1)CN(c1ccccc1Cl)C(CCc1cccc(CN3CCCC3)n1)=N2. The van der Waals surface area contributed by atoms with E-state index >= 15 is 0 Å². The van der Waals surface area contributed by atoms with Gasteiger partial charge in [-0.15, -0.1) is 0 Å². The van der Waals surface area contributed by atoms with Crippen molar-refractivity contribution < 1.29 is 4.39 Å². The van der Waals surface area contributed by atoms with Gasteiger partial charge in [0.2, 0.25) is 0 Å². The van der Waals surface area contributed by atoms with Crippen molar-refractivity contribution >= 4 is 28.8 Å². The molecule has 3 aromatic rings. The number of aryl methyl sites for hydroxylation is 1. The predicted octanol–water partition coefficient (Wildman–Crippen LogP) is 6.15. The smallest absolute Gasteiger partial charge is 0.123 e. The minimum absolute atomic E-state index is 0.250. The molecule has 1 aromatic heterocycles. The van der Waals surface area contributed by atoms with Gasteiger partial charge < -0.3 is 4.90 Å². The van der Waals surface area contributed by atoms with Crippen molar-refractivity contribution in [2.24, 2.45) is 4.99 Å². The van der Waals surface area contributed by atoms with E-state index in [-0.39, 0.29) is 5.82 Å². The summed E-state index contributed by atoms with van der Waals surface area (Å²) in [5, 5.41) is 0.658. The van der Waals surface area contributed by atoms with Crippen LogP contribution in [-0.4, -0.2) is 28.8 Å². The van der Waals surface area contributed by atoms with Gasteiger partial charge in [-0.1, -0.05) is 29.8 Å². The van der Waals surface area contributed by atoms with Crippen molar-refractivity contribution in [2.75, 3.05) is 18.0 Å².